The number of alkyl halides is 3. The fourth-order valence-corrected chi connectivity index (χ4v) is 3.02. The Bertz CT molecular complexity index is 1010. The number of nitrogens with zero attached hydrogens (tertiary/aromatic N) is 1. The quantitative estimate of drug-likeness (QED) is 0.816. The Labute approximate surface area is 160 Å². The highest BCUT2D eigenvalue weighted by Gasteiger charge is 2.48. The summed E-state index contributed by atoms with van der Waals surface area (Å²) >= 11 is 12.0. The summed E-state index contributed by atoms with van der Waals surface area (Å²) in [6.45, 7) is -0.0545. The lowest BCUT2D eigenvalue weighted by Gasteiger charge is -2.27. The van der Waals surface area contributed by atoms with Gasteiger partial charge in [-0.15, -0.1) is 0 Å². The van der Waals surface area contributed by atoms with Gasteiger partial charge < -0.3 is 14.4 Å². The van der Waals surface area contributed by atoms with E-state index in [4.69, 9.17) is 33.0 Å². The second-order valence-electron chi connectivity index (χ2n) is 5.74. The van der Waals surface area contributed by atoms with Crippen molar-refractivity contribution >= 4 is 35.2 Å². The van der Waals surface area contributed by atoms with Gasteiger partial charge in [0.1, 0.15) is 5.75 Å². The minimum atomic E-state index is -4.91. The average Bonchev–Trinajstić information content (AvgIpc) is 2.56. The van der Waals surface area contributed by atoms with Crippen molar-refractivity contribution < 1.29 is 27.8 Å². The number of aromatic nitrogens is 1. The first-order chi connectivity index (χ1) is 12.6. The monoisotopic (exact) mass is 419 g/mol. The first-order valence-electron chi connectivity index (χ1n) is 7.43. The molecule has 0 saturated heterocycles. The Balaban J connectivity index is 2.05. The number of pyridine rings is 1. The van der Waals surface area contributed by atoms with Gasteiger partial charge in [0.2, 0.25) is 6.10 Å². The maximum atomic E-state index is 13.2. The normalized spacial score (nSPS) is 16.3. The van der Waals surface area contributed by atoms with Crippen LogP contribution in [0.15, 0.2) is 40.8 Å². The molecule has 1 aliphatic rings. The van der Waals surface area contributed by atoms with Gasteiger partial charge in [-0.25, -0.2) is 4.79 Å². The van der Waals surface area contributed by atoms with Crippen LogP contribution in [0.25, 0.3) is 6.08 Å². The van der Waals surface area contributed by atoms with Crippen LogP contribution in [-0.4, -0.2) is 27.9 Å². The number of carboxylic acids is 1. The molecule has 0 amide bonds. The van der Waals surface area contributed by atoms with Crippen molar-refractivity contribution in [3.8, 4) is 5.75 Å². The number of rotatable bonds is 3. The van der Waals surface area contributed by atoms with Crippen LogP contribution in [0, 0.1) is 0 Å². The van der Waals surface area contributed by atoms with Crippen LogP contribution in [0.3, 0.4) is 0 Å². The number of benzene rings is 1. The number of ether oxygens (including phenoxy) is 1. The zero-order chi connectivity index (χ0) is 19.9. The molecule has 142 valence electrons. The molecule has 2 aromatic rings. The molecule has 0 radical (unpaired) electrons. The maximum Gasteiger partial charge on any atom is 0.430 e. The third-order valence-electron chi connectivity index (χ3n) is 3.85. The topological polar surface area (TPSA) is 68.5 Å². The molecule has 0 saturated carbocycles. The average molecular weight is 420 g/mol. The van der Waals surface area contributed by atoms with E-state index in [2.05, 4.69) is 0 Å². The van der Waals surface area contributed by atoms with E-state index in [1.807, 2.05) is 0 Å². The summed E-state index contributed by atoms with van der Waals surface area (Å²) in [4.78, 5) is 23.0. The number of halogens is 5. The zero-order valence-electron chi connectivity index (χ0n) is 13.3. The molecule has 1 aliphatic heterocycles. The van der Waals surface area contributed by atoms with Gasteiger partial charge in [0.05, 0.1) is 17.1 Å². The van der Waals surface area contributed by atoms with E-state index in [0.717, 1.165) is 6.08 Å². The van der Waals surface area contributed by atoms with Crippen molar-refractivity contribution in [2.75, 3.05) is 0 Å². The van der Waals surface area contributed by atoms with Gasteiger partial charge in [0, 0.05) is 22.8 Å². The molecular weight excluding hydrogens is 410 g/mol. The van der Waals surface area contributed by atoms with E-state index in [9.17, 15) is 22.8 Å². The Morgan fingerprint density at radius 1 is 1.26 bits per heavy atom. The summed E-state index contributed by atoms with van der Waals surface area (Å²) in [5.74, 6) is -1.93. The van der Waals surface area contributed by atoms with Gasteiger partial charge in [-0.2, -0.15) is 13.2 Å². The maximum absolute atomic E-state index is 13.2. The van der Waals surface area contributed by atoms with E-state index < -0.39 is 23.8 Å². The summed E-state index contributed by atoms with van der Waals surface area (Å²) in [7, 11) is 0. The molecule has 1 unspecified atom stereocenters. The van der Waals surface area contributed by atoms with Gasteiger partial charge in [-0.05, 0) is 29.8 Å². The van der Waals surface area contributed by atoms with E-state index >= 15 is 0 Å². The lowest BCUT2D eigenvalue weighted by atomic mass is 10.00. The number of carbonyl (C=O) groups is 1. The predicted molar refractivity (Wildman–Crippen MR) is 92.3 cm³/mol. The highest BCUT2D eigenvalue weighted by atomic mass is 35.5. The standard InChI is InChI=1S/C17H10Cl2F3NO4/c18-10-1-2-14(24)23(7-10)6-9-5-13-8(4-12(9)19)3-11(16(25)26)15(27-13)17(20,21)22/h1-5,7,15H,6H2,(H,25,26). The SMILES string of the molecule is O=C(O)C1=Cc2cc(Cl)c(Cn3cc(Cl)ccc3=O)cc2OC1C(F)(F)F. The Hall–Kier alpha value is -2.45. The highest BCUT2D eigenvalue weighted by molar-refractivity contribution is 6.31. The van der Waals surface area contributed by atoms with Crippen LogP contribution in [0.4, 0.5) is 13.2 Å². The van der Waals surface area contributed by atoms with E-state index in [0.29, 0.717) is 10.6 Å². The second kappa shape index (κ2) is 6.94. The minimum Gasteiger partial charge on any atom is -0.478 e. The van der Waals surface area contributed by atoms with E-state index in [1.165, 1.54) is 35.0 Å². The summed E-state index contributed by atoms with van der Waals surface area (Å²) in [5.41, 5.74) is -0.909. The molecule has 1 aromatic heterocycles. The van der Waals surface area contributed by atoms with Crippen LogP contribution in [0.5, 0.6) is 5.75 Å². The van der Waals surface area contributed by atoms with Crippen molar-refractivity contribution in [2.24, 2.45) is 0 Å². The number of hydrogen-bond acceptors (Lipinski definition) is 3. The van der Waals surface area contributed by atoms with Gasteiger partial charge in [-0.3, -0.25) is 4.79 Å². The van der Waals surface area contributed by atoms with Gasteiger partial charge in [0.25, 0.3) is 5.56 Å². The third-order valence-corrected chi connectivity index (χ3v) is 4.42. The molecule has 27 heavy (non-hydrogen) atoms. The molecule has 5 nitrogen and oxygen atoms in total. The molecule has 1 N–H and O–H groups in total. The summed E-state index contributed by atoms with van der Waals surface area (Å²) in [5, 5.41) is 9.47. The van der Waals surface area contributed by atoms with Crippen LogP contribution in [-0.2, 0) is 11.3 Å². The highest BCUT2D eigenvalue weighted by Crippen LogP contribution is 2.39. The second-order valence-corrected chi connectivity index (χ2v) is 6.58. The lowest BCUT2D eigenvalue weighted by molar-refractivity contribution is -0.187. The molecule has 0 bridgehead atoms. The van der Waals surface area contributed by atoms with Crippen molar-refractivity contribution in [1.82, 2.24) is 4.57 Å². The zero-order valence-corrected chi connectivity index (χ0v) is 14.8. The van der Waals surface area contributed by atoms with Crippen molar-refractivity contribution in [2.45, 2.75) is 18.8 Å². The molecule has 1 atom stereocenters. The molecule has 3 rings (SSSR count). The summed E-state index contributed by atoms with van der Waals surface area (Å²) in [6.07, 6.45) is -5.28. The van der Waals surface area contributed by atoms with Crippen molar-refractivity contribution in [3.63, 3.8) is 0 Å². The summed E-state index contributed by atoms with van der Waals surface area (Å²) < 4.78 is 45.6. The van der Waals surface area contributed by atoms with Gasteiger partial charge in [0.15, 0.2) is 0 Å². The fraction of sp³-hybridized carbons (Fsp3) is 0.176. The number of hydrogen-bond donors (Lipinski definition) is 1. The number of carboxylic acid groups (broad SMARTS) is 1. The predicted octanol–water partition coefficient (Wildman–Crippen LogP) is 3.99. The first kappa shape index (κ1) is 19.3. The van der Waals surface area contributed by atoms with Crippen molar-refractivity contribution in [3.05, 3.63) is 67.6 Å². The number of fused-ring (bicyclic) bond motifs is 1. The molecule has 0 spiro atoms. The van der Waals surface area contributed by atoms with Gasteiger partial charge in [-0.1, -0.05) is 23.2 Å². The van der Waals surface area contributed by atoms with Crippen LogP contribution in [0.1, 0.15) is 11.1 Å². The Morgan fingerprint density at radius 2 is 1.96 bits per heavy atom. The van der Waals surface area contributed by atoms with Crippen LogP contribution >= 0.6 is 23.2 Å². The van der Waals surface area contributed by atoms with E-state index in [-0.39, 0.29) is 28.4 Å². The molecular formula is C17H10Cl2F3NO4. The minimum absolute atomic E-state index is 0.0545. The Morgan fingerprint density at radius 3 is 2.59 bits per heavy atom. The van der Waals surface area contributed by atoms with E-state index in [1.54, 1.807) is 0 Å². The van der Waals surface area contributed by atoms with Crippen molar-refractivity contribution in [1.29, 1.82) is 0 Å². The molecule has 10 heteroatoms. The lowest BCUT2D eigenvalue weighted by Crippen LogP contribution is -2.40. The first-order valence-corrected chi connectivity index (χ1v) is 8.18. The fourth-order valence-electron chi connectivity index (χ4n) is 2.61. The van der Waals surface area contributed by atoms with Gasteiger partial charge >= 0.3 is 12.1 Å². The molecule has 2 heterocycles. The summed E-state index contributed by atoms with van der Waals surface area (Å²) in [6, 6.07) is 5.19. The largest absolute Gasteiger partial charge is 0.478 e. The smallest absolute Gasteiger partial charge is 0.430 e. The molecule has 0 aliphatic carbocycles. The third kappa shape index (κ3) is 3.96. The Kier molecular flexibility index (Phi) is 4.96. The van der Waals surface area contributed by atoms with Crippen LogP contribution in [0.2, 0.25) is 10.0 Å². The van der Waals surface area contributed by atoms with Crippen LogP contribution < -0.4 is 10.3 Å². The number of aliphatic carboxylic acids is 1. The molecule has 0 fully saturated rings. The molecule has 1 aromatic carbocycles.